The summed E-state index contributed by atoms with van der Waals surface area (Å²) in [5.41, 5.74) is 1.78. The minimum atomic E-state index is -1.15. The highest BCUT2D eigenvalue weighted by Crippen LogP contribution is 2.42. The van der Waals surface area contributed by atoms with Crippen molar-refractivity contribution in [1.82, 2.24) is 0 Å². The Morgan fingerprint density at radius 1 is 0.941 bits per heavy atom. The van der Waals surface area contributed by atoms with E-state index < -0.39 is 29.4 Å². The number of Topliss-reactive ketones (excluding diaryl/α,β-unsaturated/α-hetero) is 1. The molecule has 1 atom stereocenters. The van der Waals surface area contributed by atoms with Crippen LogP contribution in [0.25, 0.3) is 5.76 Å². The van der Waals surface area contributed by atoms with E-state index in [-0.39, 0.29) is 17.0 Å². The van der Waals surface area contributed by atoms with Gasteiger partial charge in [0.2, 0.25) is 0 Å². The zero-order valence-electron chi connectivity index (χ0n) is 18.7. The quantitative estimate of drug-likeness (QED) is 0.296. The van der Waals surface area contributed by atoms with Crippen LogP contribution in [0, 0.1) is 11.6 Å². The molecule has 1 aliphatic rings. The Kier molecular flexibility index (Phi) is 6.45. The molecule has 1 unspecified atom stereocenters. The zero-order valence-corrected chi connectivity index (χ0v) is 18.7. The minimum absolute atomic E-state index is 0.000246. The van der Waals surface area contributed by atoms with E-state index in [0.717, 1.165) is 29.0 Å². The van der Waals surface area contributed by atoms with Crippen LogP contribution in [0.2, 0.25) is 0 Å². The van der Waals surface area contributed by atoms with Crippen molar-refractivity contribution in [2.45, 2.75) is 26.3 Å². The maximum atomic E-state index is 14.0. The molecule has 5 nitrogen and oxygen atoms in total. The Bertz CT molecular complexity index is 1270. The number of anilines is 1. The zero-order chi connectivity index (χ0) is 24.4. The number of rotatable bonds is 6. The summed E-state index contributed by atoms with van der Waals surface area (Å²) in [5.74, 6) is -3.84. The average Bonchev–Trinajstić information content (AvgIpc) is 3.11. The van der Waals surface area contributed by atoms with Crippen molar-refractivity contribution in [1.29, 1.82) is 0 Å². The molecule has 7 heteroatoms. The molecule has 0 aromatic heterocycles. The van der Waals surface area contributed by atoms with Crippen LogP contribution in [0.5, 0.6) is 5.75 Å². The van der Waals surface area contributed by atoms with E-state index in [2.05, 4.69) is 0 Å². The van der Waals surface area contributed by atoms with Gasteiger partial charge in [-0.3, -0.25) is 14.5 Å². The highest BCUT2D eigenvalue weighted by Gasteiger charge is 2.47. The van der Waals surface area contributed by atoms with Crippen LogP contribution in [0.1, 0.15) is 36.6 Å². The molecule has 0 aliphatic carbocycles. The molecular formula is C27H23F2NO4. The Hall–Kier alpha value is -4.00. The van der Waals surface area contributed by atoms with Gasteiger partial charge >= 0.3 is 0 Å². The normalized spacial score (nSPS) is 17.3. The maximum absolute atomic E-state index is 14.0. The van der Waals surface area contributed by atoms with Crippen LogP contribution in [-0.2, 0) is 16.0 Å². The Labute approximate surface area is 195 Å². The molecular weight excluding hydrogens is 440 g/mol. The summed E-state index contributed by atoms with van der Waals surface area (Å²) in [6.45, 7) is 4.30. The fourth-order valence-electron chi connectivity index (χ4n) is 4.02. The van der Waals surface area contributed by atoms with Gasteiger partial charge in [0.25, 0.3) is 11.7 Å². The molecule has 1 amide bonds. The second kappa shape index (κ2) is 9.47. The number of hydrogen-bond acceptors (Lipinski definition) is 4. The number of carbonyl (C=O) groups excluding carboxylic acids is 2. The van der Waals surface area contributed by atoms with Gasteiger partial charge in [-0.15, -0.1) is 0 Å². The first kappa shape index (κ1) is 23.2. The molecule has 0 radical (unpaired) electrons. The fourth-order valence-corrected chi connectivity index (χ4v) is 4.02. The van der Waals surface area contributed by atoms with Crippen molar-refractivity contribution in [3.05, 3.63) is 101 Å². The SMILES string of the molecule is CCOc1ccc(C2/C(=C(\O)c3ccc(CC)cc3)C(=O)C(=O)N2c2ccc(F)c(F)c2)cc1. The molecule has 1 aliphatic heterocycles. The summed E-state index contributed by atoms with van der Waals surface area (Å²) in [5, 5.41) is 11.1. The van der Waals surface area contributed by atoms with E-state index >= 15 is 0 Å². The minimum Gasteiger partial charge on any atom is -0.507 e. The maximum Gasteiger partial charge on any atom is 0.300 e. The number of aryl methyl sites for hydroxylation is 1. The van der Waals surface area contributed by atoms with Crippen LogP contribution in [0.4, 0.5) is 14.5 Å². The van der Waals surface area contributed by atoms with Crippen molar-refractivity contribution in [2.75, 3.05) is 11.5 Å². The monoisotopic (exact) mass is 463 g/mol. The summed E-state index contributed by atoms with van der Waals surface area (Å²) >= 11 is 0. The van der Waals surface area contributed by atoms with Gasteiger partial charge in [0.15, 0.2) is 11.6 Å². The average molecular weight is 463 g/mol. The van der Waals surface area contributed by atoms with Gasteiger partial charge < -0.3 is 9.84 Å². The summed E-state index contributed by atoms with van der Waals surface area (Å²) in [4.78, 5) is 27.3. The van der Waals surface area contributed by atoms with Crippen molar-refractivity contribution in [3.63, 3.8) is 0 Å². The Morgan fingerprint density at radius 3 is 2.21 bits per heavy atom. The van der Waals surface area contributed by atoms with E-state index in [1.54, 1.807) is 36.4 Å². The third-order valence-corrected chi connectivity index (χ3v) is 5.77. The third kappa shape index (κ3) is 4.17. The lowest BCUT2D eigenvalue weighted by Crippen LogP contribution is -2.29. The number of aliphatic hydroxyl groups is 1. The summed E-state index contributed by atoms with van der Waals surface area (Å²) in [7, 11) is 0. The van der Waals surface area contributed by atoms with Gasteiger partial charge in [-0.2, -0.15) is 0 Å². The van der Waals surface area contributed by atoms with Crippen molar-refractivity contribution in [3.8, 4) is 5.75 Å². The number of aliphatic hydroxyl groups excluding tert-OH is 1. The van der Waals surface area contributed by atoms with Gasteiger partial charge in [-0.1, -0.05) is 43.3 Å². The first-order chi connectivity index (χ1) is 16.3. The lowest BCUT2D eigenvalue weighted by molar-refractivity contribution is -0.132. The third-order valence-electron chi connectivity index (χ3n) is 5.77. The molecule has 0 saturated carbocycles. The molecule has 174 valence electrons. The molecule has 0 bridgehead atoms. The van der Waals surface area contributed by atoms with Gasteiger partial charge in [0.05, 0.1) is 18.2 Å². The van der Waals surface area contributed by atoms with Crippen LogP contribution < -0.4 is 9.64 Å². The molecule has 1 heterocycles. The molecule has 1 fully saturated rings. The van der Waals surface area contributed by atoms with Gasteiger partial charge in [-0.25, -0.2) is 8.78 Å². The number of hydrogen-bond donors (Lipinski definition) is 1. The van der Waals surface area contributed by atoms with Crippen molar-refractivity contribution < 1.29 is 28.2 Å². The first-order valence-electron chi connectivity index (χ1n) is 10.9. The topological polar surface area (TPSA) is 66.8 Å². The summed E-state index contributed by atoms with van der Waals surface area (Å²) in [6.07, 6.45) is 0.799. The van der Waals surface area contributed by atoms with E-state index in [4.69, 9.17) is 4.74 Å². The number of amides is 1. The van der Waals surface area contributed by atoms with E-state index in [0.29, 0.717) is 23.5 Å². The number of benzene rings is 3. The molecule has 3 aromatic rings. The van der Waals surface area contributed by atoms with Crippen molar-refractivity contribution in [2.24, 2.45) is 0 Å². The lowest BCUT2D eigenvalue weighted by atomic mass is 9.94. The van der Waals surface area contributed by atoms with Gasteiger partial charge in [-0.05, 0) is 48.7 Å². The standard InChI is InChI=1S/C27H23F2NO4/c1-3-16-5-7-18(8-6-16)25(31)23-24(17-9-12-20(13-10-17)34-4-2)30(27(33)26(23)32)19-11-14-21(28)22(29)15-19/h5-15,24,31H,3-4H2,1-2H3/b25-23+. The molecule has 0 spiro atoms. The highest BCUT2D eigenvalue weighted by molar-refractivity contribution is 6.51. The van der Waals surface area contributed by atoms with E-state index in [9.17, 15) is 23.5 Å². The fraction of sp³-hybridized carbons (Fsp3) is 0.185. The van der Waals surface area contributed by atoms with E-state index in [1.807, 2.05) is 26.0 Å². The van der Waals surface area contributed by atoms with Crippen LogP contribution in [0.3, 0.4) is 0 Å². The smallest absolute Gasteiger partial charge is 0.300 e. The Balaban J connectivity index is 1.90. The summed E-state index contributed by atoms with van der Waals surface area (Å²) in [6, 6.07) is 15.6. The summed E-state index contributed by atoms with van der Waals surface area (Å²) < 4.78 is 33.1. The van der Waals surface area contributed by atoms with Gasteiger partial charge in [0, 0.05) is 17.3 Å². The molecule has 1 saturated heterocycles. The van der Waals surface area contributed by atoms with Crippen LogP contribution in [0.15, 0.2) is 72.3 Å². The second-order valence-electron chi connectivity index (χ2n) is 7.82. The molecule has 1 N–H and O–H groups in total. The van der Waals surface area contributed by atoms with E-state index in [1.165, 1.54) is 6.07 Å². The predicted molar refractivity (Wildman–Crippen MR) is 125 cm³/mol. The second-order valence-corrected chi connectivity index (χ2v) is 7.82. The highest BCUT2D eigenvalue weighted by atomic mass is 19.2. The Morgan fingerprint density at radius 2 is 1.62 bits per heavy atom. The number of carbonyl (C=O) groups is 2. The van der Waals surface area contributed by atoms with Gasteiger partial charge in [0.1, 0.15) is 11.5 Å². The molecule has 4 rings (SSSR count). The lowest BCUT2D eigenvalue weighted by Gasteiger charge is -2.25. The molecule has 3 aromatic carbocycles. The largest absolute Gasteiger partial charge is 0.507 e. The number of halogens is 2. The predicted octanol–water partition coefficient (Wildman–Crippen LogP) is 5.55. The van der Waals surface area contributed by atoms with Crippen LogP contribution >= 0.6 is 0 Å². The number of ether oxygens (including phenoxy) is 1. The van der Waals surface area contributed by atoms with Crippen molar-refractivity contribution >= 4 is 23.1 Å². The number of nitrogens with zero attached hydrogens (tertiary/aromatic N) is 1. The van der Waals surface area contributed by atoms with Crippen LogP contribution in [-0.4, -0.2) is 23.4 Å². The molecule has 34 heavy (non-hydrogen) atoms. The first-order valence-corrected chi connectivity index (χ1v) is 10.9. The number of ketones is 1.